The lowest BCUT2D eigenvalue weighted by Crippen LogP contribution is -2.12. The van der Waals surface area contributed by atoms with Crippen LogP contribution in [-0.2, 0) is 13.1 Å². The van der Waals surface area contributed by atoms with E-state index in [-0.39, 0.29) is 0 Å². The average Bonchev–Trinajstić information content (AvgIpc) is 2.17. The summed E-state index contributed by atoms with van der Waals surface area (Å²) in [5.74, 6) is 1.95. The number of fused-ring (bicyclic) bond motifs is 1. The first-order chi connectivity index (χ1) is 5.36. The van der Waals surface area contributed by atoms with Crippen LogP contribution in [0, 0.1) is 6.92 Å². The minimum absolute atomic E-state index is 0.862. The first-order valence-corrected chi connectivity index (χ1v) is 3.97. The van der Waals surface area contributed by atoms with Gasteiger partial charge in [0.05, 0.1) is 6.54 Å². The van der Waals surface area contributed by atoms with Crippen LogP contribution >= 0.6 is 0 Å². The fourth-order valence-corrected chi connectivity index (χ4v) is 1.36. The summed E-state index contributed by atoms with van der Waals surface area (Å²) in [7, 11) is 0. The second-order valence-electron chi connectivity index (χ2n) is 2.83. The van der Waals surface area contributed by atoms with E-state index in [2.05, 4.69) is 15.4 Å². The van der Waals surface area contributed by atoms with Gasteiger partial charge in [-0.15, -0.1) is 0 Å². The molecule has 1 aromatic rings. The van der Waals surface area contributed by atoms with Crippen LogP contribution in [0.2, 0.25) is 0 Å². The van der Waals surface area contributed by atoms with Gasteiger partial charge in [-0.1, -0.05) is 0 Å². The average molecular weight is 152 g/mol. The van der Waals surface area contributed by atoms with Gasteiger partial charge in [0.1, 0.15) is 11.6 Å². The highest BCUT2D eigenvalue weighted by molar-refractivity contribution is 4.91. The van der Waals surface area contributed by atoms with Crippen molar-refractivity contribution in [1.82, 2.24) is 20.1 Å². The number of aromatic nitrogens is 3. The summed E-state index contributed by atoms with van der Waals surface area (Å²) < 4.78 is 2.00. The Balaban J connectivity index is 2.32. The molecule has 0 aliphatic carbocycles. The zero-order chi connectivity index (χ0) is 7.68. The predicted molar refractivity (Wildman–Crippen MR) is 41.1 cm³/mol. The van der Waals surface area contributed by atoms with Crippen molar-refractivity contribution in [2.24, 2.45) is 0 Å². The lowest BCUT2D eigenvalue weighted by Gasteiger charge is -1.96. The molecule has 0 radical (unpaired) electrons. The Labute approximate surface area is 65.6 Å². The number of aryl methyl sites for hydroxylation is 2. The van der Waals surface area contributed by atoms with Crippen molar-refractivity contribution in [3.63, 3.8) is 0 Å². The Kier molecular flexibility index (Phi) is 1.62. The second-order valence-corrected chi connectivity index (χ2v) is 2.83. The van der Waals surface area contributed by atoms with E-state index in [1.54, 1.807) is 0 Å². The minimum Gasteiger partial charge on any atom is -0.310 e. The maximum atomic E-state index is 4.30. The van der Waals surface area contributed by atoms with E-state index >= 15 is 0 Å². The lowest BCUT2D eigenvalue weighted by atomic mass is 10.4. The molecule has 0 spiro atoms. The van der Waals surface area contributed by atoms with Crippen molar-refractivity contribution in [1.29, 1.82) is 0 Å². The van der Waals surface area contributed by atoms with E-state index in [1.807, 2.05) is 11.6 Å². The molecule has 4 heteroatoms. The van der Waals surface area contributed by atoms with Crippen molar-refractivity contribution in [3.05, 3.63) is 11.6 Å². The van der Waals surface area contributed by atoms with Gasteiger partial charge in [-0.05, 0) is 19.9 Å². The molecule has 0 fully saturated rings. The highest BCUT2D eigenvalue weighted by Crippen LogP contribution is 2.02. The number of nitrogens with zero attached hydrogens (tertiary/aromatic N) is 3. The van der Waals surface area contributed by atoms with Gasteiger partial charge < -0.3 is 5.32 Å². The molecule has 1 N–H and O–H groups in total. The number of nitrogens with one attached hydrogen (secondary N) is 1. The summed E-state index contributed by atoms with van der Waals surface area (Å²) >= 11 is 0. The normalized spacial score (nSPS) is 17.5. The molecule has 0 saturated heterocycles. The van der Waals surface area contributed by atoms with Crippen LogP contribution in [0.5, 0.6) is 0 Å². The van der Waals surface area contributed by atoms with Gasteiger partial charge in [-0.2, -0.15) is 5.10 Å². The molecule has 1 aromatic heterocycles. The molecule has 1 aliphatic rings. The number of hydrogen-bond donors (Lipinski definition) is 1. The first-order valence-electron chi connectivity index (χ1n) is 3.97. The molecule has 0 saturated carbocycles. The van der Waals surface area contributed by atoms with Crippen LogP contribution in [-0.4, -0.2) is 21.3 Å². The quantitative estimate of drug-likeness (QED) is 0.572. The number of hydrogen-bond acceptors (Lipinski definition) is 3. The van der Waals surface area contributed by atoms with Crippen molar-refractivity contribution in [2.75, 3.05) is 6.54 Å². The summed E-state index contributed by atoms with van der Waals surface area (Å²) in [6, 6.07) is 0. The molecule has 0 atom stereocenters. The molecule has 60 valence electrons. The maximum absolute atomic E-state index is 4.30. The monoisotopic (exact) mass is 152 g/mol. The van der Waals surface area contributed by atoms with Crippen molar-refractivity contribution in [3.8, 4) is 0 Å². The predicted octanol–water partition coefficient (Wildman–Crippen LogP) is 0.0798. The van der Waals surface area contributed by atoms with Crippen LogP contribution in [0.4, 0.5) is 0 Å². The molecule has 4 nitrogen and oxygen atoms in total. The van der Waals surface area contributed by atoms with Gasteiger partial charge in [-0.3, -0.25) is 0 Å². The third-order valence-electron chi connectivity index (χ3n) is 1.86. The lowest BCUT2D eigenvalue weighted by molar-refractivity contribution is 0.583. The third kappa shape index (κ3) is 1.26. The Morgan fingerprint density at radius 1 is 1.55 bits per heavy atom. The number of rotatable bonds is 0. The highest BCUT2D eigenvalue weighted by Gasteiger charge is 2.08. The minimum atomic E-state index is 0.862. The molecule has 0 bridgehead atoms. The Hall–Kier alpha value is -0.900. The van der Waals surface area contributed by atoms with Gasteiger partial charge in [-0.25, -0.2) is 9.67 Å². The second kappa shape index (κ2) is 2.62. The molecule has 0 unspecified atom stereocenters. The van der Waals surface area contributed by atoms with Gasteiger partial charge in [0, 0.05) is 6.54 Å². The molecule has 2 rings (SSSR count). The van der Waals surface area contributed by atoms with E-state index in [0.29, 0.717) is 0 Å². The van der Waals surface area contributed by atoms with Crippen molar-refractivity contribution in [2.45, 2.75) is 26.4 Å². The zero-order valence-corrected chi connectivity index (χ0v) is 6.67. The molecule has 1 aliphatic heterocycles. The van der Waals surface area contributed by atoms with Crippen LogP contribution in [0.25, 0.3) is 0 Å². The van der Waals surface area contributed by atoms with E-state index < -0.39 is 0 Å². The van der Waals surface area contributed by atoms with E-state index in [4.69, 9.17) is 0 Å². The standard InChI is InChI=1S/C7H12N4/c1-6-9-7-5-8-3-2-4-11(7)10-6/h8H,2-5H2,1H3. The summed E-state index contributed by atoms with van der Waals surface area (Å²) in [4.78, 5) is 4.30. The molecular weight excluding hydrogens is 140 g/mol. The SMILES string of the molecule is Cc1nc2n(n1)CCCNC2. The van der Waals surface area contributed by atoms with E-state index in [0.717, 1.165) is 37.7 Å². The molecule has 2 heterocycles. The molecule has 0 amide bonds. The molecular formula is C7H12N4. The van der Waals surface area contributed by atoms with Crippen molar-refractivity contribution >= 4 is 0 Å². The summed E-state index contributed by atoms with van der Waals surface area (Å²) in [6.07, 6.45) is 1.15. The Bertz CT molecular complexity index is 229. The highest BCUT2D eigenvalue weighted by atomic mass is 15.4. The van der Waals surface area contributed by atoms with Gasteiger partial charge >= 0.3 is 0 Å². The van der Waals surface area contributed by atoms with E-state index in [9.17, 15) is 0 Å². The fourth-order valence-electron chi connectivity index (χ4n) is 1.36. The summed E-state index contributed by atoms with van der Waals surface area (Å²) in [5, 5.41) is 7.57. The first kappa shape index (κ1) is 6.79. The van der Waals surface area contributed by atoms with Crippen LogP contribution in [0.15, 0.2) is 0 Å². The Morgan fingerprint density at radius 2 is 2.45 bits per heavy atom. The summed E-state index contributed by atoms with van der Waals surface area (Å²) in [5.41, 5.74) is 0. The maximum Gasteiger partial charge on any atom is 0.147 e. The van der Waals surface area contributed by atoms with Crippen LogP contribution < -0.4 is 5.32 Å². The van der Waals surface area contributed by atoms with Gasteiger partial charge in [0.2, 0.25) is 0 Å². The van der Waals surface area contributed by atoms with E-state index in [1.165, 1.54) is 0 Å². The molecule has 0 aromatic carbocycles. The Morgan fingerprint density at radius 3 is 3.36 bits per heavy atom. The largest absolute Gasteiger partial charge is 0.310 e. The van der Waals surface area contributed by atoms with Gasteiger partial charge in [0.15, 0.2) is 0 Å². The smallest absolute Gasteiger partial charge is 0.147 e. The van der Waals surface area contributed by atoms with Crippen LogP contribution in [0.1, 0.15) is 18.1 Å². The van der Waals surface area contributed by atoms with Crippen molar-refractivity contribution < 1.29 is 0 Å². The zero-order valence-electron chi connectivity index (χ0n) is 6.67. The topological polar surface area (TPSA) is 42.7 Å². The van der Waals surface area contributed by atoms with Gasteiger partial charge in [0.25, 0.3) is 0 Å². The van der Waals surface area contributed by atoms with Crippen LogP contribution in [0.3, 0.4) is 0 Å². The fraction of sp³-hybridized carbons (Fsp3) is 0.714. The third-order valence-corrected chi connectivity index (χ3v) is 1.86. The molecule has 11 heavy (non-hydrogen) atoms. The summed E-state index contributed by atoms with van der Waals surface area (Å²) in [6.45, 7) is 4.87.